The van der Waals surface area contributed by atoms with Crippen LogP contribution >= 0.6 is 0 Å². The SMILES string of the molecule is CC(C)=C[CH-]OC(=O)N(C(C)C)C(C)C.CC(C)O.CC(C)O.CC(C)O.[Ti]. The predicted molar refractivity (Wildman–Crippen MR) is 114 cm³/mol. The zero-order chi connectivity index (χ0) is 22.7. The van der Waals surface area contributed by atoms with Crippen LogP contribution in [-0.2, 0) is 26.5 Å². The number of hydrogen-bond donors (Lipinski definition) is 3. The van der Waals surface area contributed by atoms with Gasteiger partial charge in [-0.25, -0.2) is 10.4 Å². The van der Waals surface area contributed by atoms with Crippen LogP contribution in [0, 0.1) is 6.61 Å². The van der Waals surface area contributed by atoms with Crippen LogP contribution < -0.4 is 0 Å². The standard InChI is InChI=1S/C12H22NO2.3C3H8O.Ti/c1-9(2)7-8-15-12(14)13(10(3)4)11(5)6;3*1-3(2)4;/h7-8,10-11H,1-6H3;3*3-4H,1-2H3;/q-1;;;;. The van der Waals surface area contributed by atoms with Crippen molar-refractivity contribution in [1.29, 1.82) is 0 Å². The molecule has 0 heterocycles. The number of carbonyl (C=O) groups is 1. The summed E-state index contributed by atoms with van der Waals surface area (Å²) in [5.41, 5.74) is 1.10. The van der Waals surface area contributed by atoms with Crippen molar-refractivity contribution >= 4 is 6.09 Å². The van der Waals surface area contributed by atoms with Crippen molar-refractivity contribution in [2.45, 2.75) is 113 Å². The summed E-state index contributed by atoms with van der Waals surface area (Å²) in [5, 5.41) is 24.2. The van der Waals surface area contributed by atoms with E-state index in [2.05, 4.69) is 0 Å². The van der Waals surface area contributed by atoms with E-state index in [1.54, 1.807) is 52.5 Å². The van der Waals surface area contributed by atoms with Crippen LogP contribution in [0.25, 0.3) is 0 Å². The van der Waals surface area contributed by atoms with Gasteiger partial charge in [0.25, 0.3) is 0 Å². The molecule has 7 heteroatoms. The molecule has 1 amide bonds. The van der Waals surface area contributed by atoms with E-state index in [4.69, 9.17) is 20.1 Å². The molecule has 0 saturated carbocycles. The first-order valence-corrected chi connectivity index (χ1v) is 9.55. The van der Waals surface area contributed by atoms with Gasteiger partial charge in [0.1, 0.15) is 0 Å². The average Bonchev–Trinajstić information content (AvgIpc) is 2.34. The first-order chi connectivity index (χ1) is 12.1. The topological polar surface area (TPSA) is 90.2 Å². The van der Waals surface area contributed by atoms with Gasteiger partial charge < -0.3 is 25.0 Å². The predicted octanol–water partition coefficient (Wildman–Crippen LogP) is 4.53. The summed E-state index contributed by atoms with van der Waals surface area (Å²) in [4.78, 5) is 13.4. The van der Waals surface area contributed by atoms with Crippen molar-refractivity contribution in [2.24, 2.45) is 0 Å². The maximum absolute atomic E-state index is 11.7. The summed E-state index contributed by atoms with van der Waals surface area (Å²) < 4.78 is 5.02. The molecule has 170 valence electrons. The van der Waals surface area contributed by atoms with Crippen LogP contribution in [0.2, 0.25) is 0 Å². The van der Waals surface area contributed by atoms with Crippen LogP contribution in [0.1, 0.15) is 83.1 Å². The van der Waals surface area contributed by atoms with Crippen molar-refractivity contribution in [1.82, 2.24) is 4.90 Å². The van der Waals surface area contributed by atoms with Crippen molar-refractivity contribution in [2.75, 3.05) is 0 Å². The molecule has 3 N–H and O–H groups in total. The fourth-order valence-corrected chi connectivity index (χ4v) is 1.31. The normalized spacial score (nSPS) is 9.29. The molecule has 0 saturated heterocycles. The number of carbonyl (C=O) groups excluding carboxylic acids is 1. The van der Waals surface area contributed by atoms with Crippen molar-refractivity contribution < 1.29 is 46.6 Å². The molecular formula is C21H46NO5Ti-. The van der Waals surface area contributed by atoms with Gasteiger partial charge in [-0.1, -0.05) is 6.61 Å². The molecule has 6 nitrogen and oxygen atoms in total. The molecule has 0 rings (SSSR count). The minimum atomic E-state index is -0.294. The quantitative estimate of drug-likeness (QED) is 0.442. The van der Waals surface area contributed by atoms with Crippen molar-refractivity contribution in [3.8, 4) is 0 Å². The molecule has 0 aliphatic rings. The minimum absolute atomic E-state index is 0. The van der Waals surface area contributed by atoms with Crippen LogP contribution in [0.15, 0.2) is 11.6 Å². The monoisotopic (exact) mass is 440 g/mol. The van der Waals surface area contributed by atoms with Gasteiger partial charge in [0.2, 0.25) is 0 Å². The van der Waals surface area contributed by atoms with Gasteiger partial charge in [0.05, 0.1) is 0 Å². The zero-order valence-electron chi connectivity index (χ0n) is 20.1. The maximum Gasteiger partial charge on any atom is 0.397 e. The van der Waals surface area contributed by atoms with E-state index in [1.165, 1.54) is 6.61 Å². The molecule has 28 heavy (non-hydrogen) atoms. The van der Waals surface area contributed by atoms with Crippen LogP contribution in [0.4, 0.5) is 4.79 Å². The fourth-order valence-electron chi connectivity index (χ4n) is 1.31. The molecule has 0 atom stereocenters. The molecule has 0 aromatic carbocycles. The van der Waals surface area contributed by atoms with Gasteiger partial charge in [0.15, 0.2) is 0 Å². The first kappa shape index (κ1) is 38.1. The van der Waals surface area contributed by atoms with E-state index in [-0.39, 0.29) is 58.2 Å². The fraction of sp³-hybridized carbons (Fsp3) is 0.810. The van der Waals surface area contributed by atoms with Gasteiger partial charge in [-0.05, 0) is 69.2 Å². The summed E-state index contributed by atoms with van der Waals surface area (Å²) in [6.45, 7) is 23.6. The number of aliphatic hydroxyl groups excluding tert-OH is 3. The molecule has 0 radical (unpaired) electrons. The number of hydrogen-bond acceptors (Lipinski definition) is 5. The van der Waals surface area contributed by atoms with E-state index >= 15 is 0 Å². The smallest absolute Gasteiger partial charge is 0.397 e. The molecule has 0 aromatic heterocycles. The number of ether oxygens (including phenoxy) is 1. The summed E-state index contributed by atoms with van der Waals surface area (Å²) in [7, 11) is 0. The summed E-state index contributed by atoms with van der Waals surface area (Å²) in [6.07, 6.45) is 0.981. The molecule has 0 unspecified atom stereocenters. The molecule has 0 fully saturated rings. The number of aliphatic hydroxyl groups is 3. The summed E-state index contributed by atoms with van der Waals surface area (Å²) >= 11 is 0. The third kappa shape index (κ3) is 50.0. The summed E-state index contributed by atoms with van der Waals surface area (Å²) in [6, 6.07) is 0.301. The number of allylic oxidation sites excluding steroid dienone is 1. The Kier molecular flexibility index (Phi) is 33.4. The van der Waals surface area contributed by atoms with Crippen LogP contribution in [0.5, 0.6) is 0 Å². The third-order valence-corrected chi connectivity index (χ3v) is 1.89. The van der Waals surface area contributed by atoms with E-state index in [9.17, 15) is 4.79 Å². The molecule has 0 spiro atoms. The Morgan fingerprint density at radius 3 is 1.21 bits per heavy atom. The molecule has 0 aromatic rings. The van der Waals surface area contributed by atoms with E-state index in [0.29, 0.717) is 0 Å². The second-order valence-corrected chi connectivity index (χ2v) is 7.64. The van der Waals surface area contributed by atoms with Crippen LogP contribution in [-0.4, -0.2) is 56.7 Å². The minimum Gasteiger partial charge on any atom is -0.511 e. The summed E-state index contributed by atoms with van der Waals surface area (Å²) in [5.74, 6) is 0. The first-order valence-electron chi connectivity index (χ1n) is 9.55. The zero-order valence-corrected chi connectivity index (χ0v) is 21.7. The number of rotatable bonds is 4. The largest absolute Gasteiger partial charge is 0.511 e. The van der Waals surface area contributed by atoms with E-state index in [0.717, 1.165) is 5.57 Å². The Morgan fingerprint density at radius 2 is 1.04 bits per heavy atom. The number of nitrogens with zero attached hydrogens (tertiary/aromatic N) is 1. The maximum atomic E-state index is 11.7. The van der Waals surface area contributed by atoms with E-state index in [1.807, 2.05) is 41.5 Å². The average molecular weight is 440 g/mol. The van der Waals surface area contributed by atoms with Crippen molar-refractivity contribution in [3.05, 3.63) is 18.3 Å². The van der Waals surface area contributed by atoms with E-state index < -0.39 is 0 Å². The Labute approximate surface area is 189 Å². The molecule has 0 aliphatic heterocycles. The van der Waals surface area contributed by atoms with Crippen molar-refractivity contribution in [3.63, 3.8) is 0 Å². The Bertz CT molecular complexity index is 322. The Hall–Kier alpha value is -0.526. The Morgan fingerprint density at radius 1 is 0.786 bits per heavy atom. The second-order valence-electron chi connectivity index (χ2n) is 7.64. The van der Waals surface area contributed by atoms with Gasteiger partial charge in [-0.3, -0.25) is 0 Å². The van der Waals surface area contributed by atoms with Crippen LogP contribution in [0.3, 0.4) is 0 Å². The molecule has 0 aliphatic carbocycles. The third-order valence-electron chi connectivity index (χ3n) is 1.89. The molecular weight excluding hydrogens is 394 g/mol. The van der Waals surface area contributed by atoms with Gasteiger partial charge in [-0.2, -0.15) is 6.08 Å². The van der Waals surface area contributed by atoms with Gasteiger partial charge in [0, 0.05) is 52.1 Å². The van der Waals surface area contributed by atoms with Gasteiger partial charge >= 0.3 is 6.09 Å². The van der Waals surface area contributed by atoms with Gasteiger partial charge in [-0.15, -0.1) is 13.8 Å². The number of amides is 1. The Balaban J connectivity index is -0.000000111. The second kappa shape index (κ2) is 24.5. The molecule has 0 bridgehead atoms.